The molecule has 3 N–H and O–H groups in total. The van der Waals surface area contributed by atoms with E-state index in [1.165, 1.54) is 11.9 Å². The Balaban J connectivity index is 1.44. The summed E-state index contributed by atoms with van der Waals surface area (Å²) in [6, 6.07) is 18.3. The lowest BCUT2D eigenvalue weighted by Crippen LogP contribution is -2.50. The molecule has 0 aliphatic heterocycles. The highest BCUT2D eigenvalue weighted by atomic mass is 31.2. The molecule has 2 aromatic rings. The van der Waals surface area contributed by atoms with Gasteiger partial charge in [0.2, 0.25) is 5.96 Å². The molecule has 1 fully saturated rings. The van der Waals surface area contributed by atoms with Crippen LogP contribution in [0.1, 0.15) is 68.9 Å². The van der Waals surface area contributed by atoms with Crippen LogP contribution < -0.4 is 5.73 Å². The van der Waals surface area contributed by atoms with Gasteiger partial charge in [-0.05, 0) is 55.6 Å². The van der Waals surface area contributed by atoms with Gasteiger partial charge in [-0.25, -0.2) is 18.9 Å². The third kappa shape index (κ3) is 16.6. The molecule has 14 nitrogen and oxygen atoms in total. The first-order valence-electron chi connectivity index (χ1n) is 17.5. The highest BCUT2D eigenvalue weighted by molar-refractivity contribution is 7.52. The summed E-state index contributed by atoms with van der Waals surface area (Å²) in [5, 5.41) is 10.00. The summed E-state index contributed by atoms with van der Waals surface area (Å²) in [6.45, 7) is 0.371. The molecule has 1 atom stereocenters. The lowest BCUT2D eigenvalue weighted by atomic mass is 9.83. The highest BCUT2D eigenvalue weighted by Gasteiger charge is 2.35. The van der Waals surface area contributed by atoms with Gasteiger partial charge in [0.15, 0.2) is 0 Å². The van der Waals surface area contributed by atoms with Gasteiger partial charge in [-0.15, -0.1) is 4.76 Å². The number of guanidine groups is 1. The Morgan fingerprint density at radius 1 is 0.745 bits per heavy atom. The molecule has 2 aromatic carbocycles. The quantitative estimate of drug-likeness (QED) is 0.0426. The summed E-state index contributed by atoms with van der Waals surface area (Å²) < 4.78 is 49.4. The number of carboxylic acid groups (broad SMARTS) is 1. The van der Waals surface area contributed by atoms with Crippen LogP contribution in [-0.4, -0.2) is 87.0 Å². The topological polar surface area (TPSA) is 186 Å². The van der Waals surface area contributed by atoms with Crippen molar-refractivity contribution in [3.63, 3.8) is 0 Å². The number of carbonyl (C=O) groups is 3. The molecular formula is C36H52N3O11P. The Morgan fingerprint density at radius 2 is 1.18 bits per heavy atom. The number of benzene rings is 2. The summed E-state index contributed by atoms with van der Waals surface area (Å²) in [5.41, 5.74) is 8.29. The van der Waals surface area contributed by atoms with E-state index in [9.17, 15) is 24.1 Å². The number of ether oxygens (including phenoxy) is 4. The van der Waals surface area contributed by atoms with E-state index in [1.807, 2.05) is 60.7 Å². The summed E-state index contributed by atoms with van der Waals surface area (Å²) in [4.78, 5) is 37.3. The Hall–Kier alpha value is -4.13. The van der Waals surface area contributed by atoms with E-state index in [2.05, 4.69) is 4.76 Å². The van der Waals surface area contributed by atoms with Crippen LogP contribution in [0.3, 0.4) is 0 Å². The van der Waals surface area contributed by atoms with Crippen molar-refractivity contribution in [2.24, 2.45) is 16.4 Å². The Labute approximate surface area is 300 Å². The maximum absolute atomic E-state index is 13.8. The molecule has 51 heavy (non-hydrogen) atoms. The van der Waals surface area contributed by atoms with Crippen LogP contribution in [0.2, 0.25) is 0 Å². The number of nitrogens with zero attached hydrogens (tertiary/aromatic N) is 2. The highest BCUT2D eigenvalue weighted by Crippen LogP contribution is 2.50. The zero-order valence-electron chi connectivity index (χ0n) is 29.4. The van der Waals surface area contributed by atoms with Gasteiger partial charge in [0, 0.05) is 19.9 Å². The molecule has 1 saturated carbocycles. The van der Waals surface area contributed by atoms with E-state index in [4.69, 9.17) is 33.7 Å². The van der Waals surface area contributed by atoms with E-state index in [1.54, 1.807) is 0 Å². The molecule has 1 aliphatic rings. The number of unbranched alkanes of at least 4 members (excludes halogenated alkanes) is 2. The Kier molecular flexibility index (Phi) is 18.9. The first-order chi connectivity index (χ1) is 24.7. The second-order valence-electron chi connectivity index (χ2n) is 12.2. The molecule has 282 valence electrons. The van der Waals surface area contributed by atoms with Crippen molar-refractivity contribution >= 4 is 32.0 Å². The van der Waals surface area contributed by atoms with Gasteiger partial charge in [0.05, 0.1) is 39.6 Å². The second kappa shape index (κ2) is 23.4. The number of hydrogen-bond donors (Lipinski definition) is 2. The molecular weight excluding hydrogens is 681 g/mol. The lowest BCUT2D eigenvalue weighted by Gasteiger charge is -2.34. The van der Waals surface area contributed by atoms with Crippen LogP contribution in [0.4, 0.5) is 9.59 Å². The number of hydrogen-bond acceptors (Lipinski definition) is 10. The van der Waals surface area contributed by atoms with Gasteiger partial charge >= 0.3 is 26.0 Å². The number of carbonyl (C=O) groups excluding carboxylic acids is 2. The van der Waals surface area contributed by atoms with E-state index < -0.39 is 32.1 Å². The van der Waals surface area contributed by atoms with Crippen LogP contribution >= 0.6 is 7.75 Å². The summed E-state index contributed by atoms with van der Waals surface area (Å²) in [5.74, 6) is -1.46. The molecule has 0 heterocycles. The SMILES string of the molecule is CN(C(N)=NP(=O)(OCCCCOC(=O)OCCc1ccccc1)OCCCCOC(=O)OCCc1ccccc1)C(C(=O)O)C1CCCCC1. The van der Waals surface area contributed by atoms with E-state index in [0.717, 1.165) is 43.2 Å². The zero-order chi connectivity index (χ0) is 36.7. The fraction of sp³-hybridized carbons (Fsp3) is 0.556. The largest absolute Gasteiger partial charge is 0.508 e. The van der Waals surface area contributed by atoms with Crippen LogP contribution in [0.25, 0.3) is 0 Å². The molecule has 1 aliphatic carbocycles. The molecule has 0 aromatic heterocycles. The van der Waals surface area contributed by atoms with Gasteiger partial charge < -0.3 is 34.7 Å². The fourth-order valence-corrected chi connectivity index (χ4v) is 6.82. The first kappa shape index (κ1) is 41.3. The minimum Gasteiger partial charge on any atom is -0.480 e. The van der Waals surface area contributed by atoms with E-state index >= 15 is 0 Å². The van der Waals surface area contributed by atoms with E-state index in [-0.39, 0.29) is 51.5 Å². The predicted molar refractivity (Wildman–Crippen MR) is 190 cm³/mol. The number of rotatable bonds is 22. The minimum atomic E-state index is -4.20. The van der Waals surface area contributed by atoms with Crippen LogP contribution in [-0.2, 0) is 50.2 Å². The maximum Gasteiger partial charge on any atom is 0.508 e. The zero-order valence-corrected chi connectivity index (χ0v) is 30.3. The second-order valence-corrected chi connectivity index (χ2v) is 13.8. The average molecular weight is 734 g/mol. The number of aliphatic carboxylic acids is 1. The van der Waals surface area contributed by atoms with Gasteiger partial charge in [-0.1, -0.05) is 79.9 Å². The van der Waals surface area contributed by atoms with Crippen molar-refractivity contribution in [1.82, 2.24) is 4.90 Å². The van der Waals surface area contributed by atoms with Crippen molar-refractivity contribution in [1.29, 1.82) is 0 Å². The van der Waals surface area contributed by atoms with Crippen molar-refractivity contribution < 1.29 is 52.1 Å². The first-order valence-corrected chi connectivity index (χ1v) is 19.0. The van der Waals surface area contributed by atoms with Crippen molar-refractivity contribution in [3.8, 4) is 0 Å². The third-order valence-corrected chi connectivity index (χ3v) is 9.75. The van der Waals surface area contributed by atoms with Gasteiger partial charge in [-0.2, -0.15) is 0 Å². The Morgan fingerprint density at radius 3 is 1.63 bits per heavy atom. The Bertz CT molecular complexity index is 1320. The standard InChI is InChI=1S/C36H52N3O11P/c1-39(32(33(40)41)31-19-9-4-10-20-31)34(37)38-51(44,49-25-13-11-23-45-35(42)47-27-21-29-15-5-2-6-16-29)50-26-14-12-24-46-36(43)48-28-22-30-17-7-3-8-18-30/h2-3,5-8,15-18,31-32H,4,9-14,19-28H2,1H3,(H,40,41)(H2,37,38,44). The molecule has 0 radical (unpaired) electrons. The number of carboxylic acids is 1. The maximum atomic E-state index is 13.8. The summed E-state index contributed by atoms with van der Waals surface area (Å²) in [7, 11) is -2.70. The molecule has 1 unspecified atom stereocenters. The molecule has 0 bridgehead atoms. The smallest absolute Gasteiger partial charge is 0.480 e. The lowest BCUT2D eigenvalue weighted by molar-refractivity contribution is -0.143. The van der Waals surface area contributed by atoms with Crippen LogP contribution in [0.15, 0.2) is 65.4 Å². The summed E-state index contributed by atoms with van der Waals surface area (Å²) in [6.07, 6.45) is 5.41. The fourth-order valence-electron chi connectivity index (χ4n) is 5.52. The molecule has 0 spiro atoms. The number of nitrogens with two attached hydrogens (primary N) is 1. The monoisotopic (exact) mass is 733 g/mol. The van der Waals surface area contributed by atoms with E-state index in [0.29, 0.717) is 38.5 Å². The molecule has 0 amide bonds. The average Bonchev–Trinajstić information content (AvgIpc) is 3.12. The van der Waals surface area contributed by atoms with Crippen molar-refractivity contribution in [2.45, 2.75) is 76.7 Å². The molecule has 3 rings (SSSR count). The van der Waals surface area contributed by atoms with Crippen LogP contribution in [0.5, 0.6) is 0 Å². The van der Waals surface area contributed by atoms with Crippen LogP contribution in [0, 0.1) is 5.92 Å². The third-order valence-electron chi connectivity index (χ3n) is 8.29. The minimum absolute atomic E-state index is 0.0587. The molecule has 0 saturated heterocycles. The van der Waals surface area contributed by atoms with Gasteiger partial charge in [-0.3, -0.25) is 9.05 Å². The van der Waals surface area contributed by atoms with Crippen molar-refractivity contribution in [3.05, 3.63) is 71.8 Å². The predicted octanol–water partition coefficient (Wildman–Crippen LogP) is 6.76. The molecule has 15 heteroatoms. The van der Waals surface area contributed by atoms with Gasteiger partial charge in [0.25, 0.3) is 0 Å². The summed E-state index contributed by atoms with van der Waals surface area (Å²) >= 11 is 0. The number of likely N-dealkylation sites (N-methyl/N-ethyl adjacent to an activating group) is 1. The van der Waals surface area contributed by atoms with Crippen molar-refractivity contribution in [2.75, 3.05) is 46.7 Å². The van der Waals surface area contributed by atoms with Gasteiger partial charge in [0.1, 0.15) is 6.04 Å². The normalized spacial score (nSPS) is 14.3.